The second kappa shape index (κ2) is 2.09. The van der Waals surface area contributed by atoms with E-state index in [-0.39, 0.29) is 5.92 Å². The molecule has 0 amide bonds. The van der Waals surface area contributed by atoms with Crippen molar-refractivity contribution in [3.05, 3.63) is 12.7 Å². The molecule has 10 heavy (non-hydrogen) atoms. The zero-order valence-corrected chi connectivity index (χ0v) is 5.92. The van der Waals surface area contributed by atoms with Crippen LogP contribution >= 0.6 is 0 Å². The highest BCUT2D eigenvalue weighted by atomic mass is 16.4. The first-order valence-corrected chi connectivity index (χ1v) is 3.22. The summed E-state index contributed by atoms with van der Waals surface area (Å²) in [5, 5.41) is 11.5. The zero-order valence-electron chi connectivity index (χ0n) is 5.92. The molecule has 1 aliphatic rings. The zero-order chi connectivity index (χ0) is 7.78. The van der Waals surface area contributed by atoms with Gasteiger partial charge in [0.15, 0.2) is 0 Å². The molecule has 2 atom stereocenters. The quantitative estimate of drug-likeness (QED) is 0.553. The van der Waals surface area contributed by atoms with Gasteiger partial charge in [-0.2, -0.15) is 0 Å². The van der Waals surface area contributed by atoms with E-state index in [9.17, 15) is 4.79 Å². The van der Waals surface area contributed by atoms with Gasteiger partial charge < -0.3 is 10.4 Å². The molecule has 3 heteroatoms. The summed E-state index contributed by atoms with van der Waals surface area (Å²) in [5.74, 6) is -0.671. The summed E-state index contributed by atoms with van der Waals surface area (Å²) in [4.78, 5) is 10.6. The van der Waals surface area contributed by atoms with Crippen LogP contribution in [-0.4, -0.2) is 23.7 Å². The van der Waals surface area contributed by atoms with Crippen LogP contribution in [0, 0.1) is 5.92 Å². The van der Waals surface area contributed by atoms with E-state index in [4.69, 9.17) is 5.11 Å². The van der Waals surface area contributed by atoms with Crippen molar-refractivity contribution in [2.75, 3.05) is 7.05 Å². The number of rotatable bonds is 3. The maximum Gasteiger partial charge on any atom is 0.324 e. The predicted molar refractivity (Wildman–Crippen MR) is 37.7 cm³/mol. The second-order valence-corrected chi connectivity index (χ2v) is 2.57. The average molecular weight is 141 g/mol. The lowest BCUT2D eigenvalue weighted by molar-refractivity contribution is -0.140. The van der Waals surface area contributed by atoms with Crippen molar-refractivity contribution in [3.8, 4) is 0 Å². The fraction of sp³-hybridized carbons (Fsp3) is 0.571. The molecule has 0 aromatic rings. The molecule has 0 spiro atoms. The number of carboxylic acid groups (broad SMARTS) is 1. The highest BCUT2D eigenvalue weighted by Crippen LogP contribution is 2.43. The summed E-state index contributed by atoms with van der Waals surface area (Å²) >= 11 is 0. The molecule has 1 saturated carbocycles. The Hall–Kier alpha value is -0.830. The predicted octanol–water partition coefficient (Wildman–Crippen LogP) is 0.235. The number of carbonyl (C=O) groups is 1. The lowest BCUT2D eigenvalue weighted by atomic mass is 10.2. The Labute approximate surface area is 59.7 Å². The molecule has 0 aromatic heterocycles. The number of likely N-dealkylation sites (N-methyl/N-ethyl adjacent to an activating group) is 1. The number of carboxylic acids is 1. The molecule has 0 saturated heterocycles. The number of hydrogen-bond acceptors (Lipinski definition) is 2. The van der Waals surface area contributed by atoms with Crippen LogP contribution in [0.25, 0.3) is 0 Å². The second-order valence-electron chi connectivity index (χ2n) is 2.57. The third-order valence-corrected chi connectivity index (χ3v) is 2.13. The Kier molecular flexibility index (Phi) is 1.52. The third kappa shape index (κ3) is 0.743. The third-order valence-electron chi connectivity index (χ3n) is 2.13. The van der Waals surface area contributed by atoms with Gasteiger partial charge in [-0.05, 0) is 13.5 Å². The molecule has 1 unspecified atom stereocenters. The summed E-state index contributed by atoms with van der Waals surface area (Å²) in [6.07, 6.45) is 2.35. The van der Waals surface area contributed by atoms with Gasteiger partial charge in [-0.15, -0.1) is 6.58 Å². The van der Waals surface area contributed by atoms with Crippen LogP contribution in [0.15, 0.2) is 12.7 Å². The minimum absolute atomic E-state index is 0.106. The van der Waals surface area contributed by atoms with Gasteiger partial charge in [0, 0.05) is 5.92 Å². The van der Waals surface area contributed by atoms with Crippen molar-refractivity contribution in [2.24, 2.45) is 5.92 Å². The van der Waals surface area contributed by atoms with Gasteiger partial charge >= 0.3 is 5.97 Å². The minimum atomic E-state index is -0.778. The van der Waals surface area contributed by atoms with E-state index in [1.807, 2.05) is 0 Å². The van der Waals surface area contributed by atoms with Crippen LogP contribution in [0.5, 0.6) is 0 Å². The van der Waals surface area contributed by atoms with Gasteiger partial charge in [-0.1, -0.05) is 6.08 Å². The lowest BCUT2D eigenvalue weighted by Crippen LogP contribution is -2.38. The Morgan fingerprint density at radius 2 is 2.60 bits per heavy atom. The van der Waals surface area contributed by atoms with Crippen LogP contribution in [0.1, 0.15) is 6.42 Å². The first-order chi connectivity index (χ1) is 4.67. The molecule has 2 N–H and O–H groups in total. The summed E-state index contributed by atoms with van der Waals surface area (Å²) in [7, 11) is 1.66. The van der Waals surface area contributed by atoms with Gasteiger partial charge in [0.2, 0.25) is 0 Å². The molecule has 0 bridgehead atoms. The van der Waals surface area contributed by atoms with Gasteiger partial charge in [-0.3, -0.25) is 4.79 Å². The van der Waals surface area contributed by atoms with Crippen molar-refractivity contribution in [1.82, 2.24) is 5.32 Å². The standard InChI is InChI=1S/C7H11NO2/c1-3-5-4-7(5,8-2)6(9)10/h3,5,8H,1,4H2,2H3,(H,9,10)/t5?,7-/m1/s1. The van der Waals surface area contributed by atoms with Gasteiger partial charge in [0.05, 0.1) is 0 Å². The van der Waals surface area contributed by atoms with E-state index in [0.717, 1.165) is 0 Å². The van der Waals surface area contributed by atoms with Crippen molar-refractivity contribution in [1.29, 1.82) is 0 Å². The molecule has 0 aliphatic heterocycles. The molecule has 3 nitrogen and oxygen atoms in total. The highest BCUT2D eigenvalue weighted by molar-refractivity contribution is 5.83. The topological polar surface area (TPSA) is 49.3 Å². The monoisotopic (exact) mass is 141 g/mol. The summed E-state index contributed by atoms with van der Waals surface area (Å²) in [6, 6.07) is 0. The lowest BCUT2D eigenvalue weighted by Gasteiger charge is -2.07. The Morgan fingerprint density at radius 3 is 2.70 bits per heavy atom. The fourth-order valence-corrected chi connectivity index (χ4v) is 1.21. The largest absolute Gasteiger partial charge is 0.480 e. The van der Waals surface area contributed by atoms with Crippen LogP contribution in [-0.2, 0) is 4.79 Å². The number of aliphatic carboxylic acids is 1. The van der Waals surface area contributed by atoms with E-state index < -0.39 is 11.5 Å². The summed E-state index contributed by atoms with van der Waals surface area (Å²) < 4.78 is 0. The summed E-state index contributed by atoms with van der Waals surface area (Å²) in [6.45, 7) is 3.54. The van der Waals surface area contributed by atoms with E-state index in [0.29, 0.717) is 6.42 Å². The molecule has 0 heterocycles. The summed E-state index contributed by atoms with van der Waals surface area (Å²) in [5.41, 5.74) is -0.693. The SMILES string of the molecule is C=CC1C[C@]1(NC)C(=O)O. The average Bonchev–Trinajstić information content (AvgIpc) is 2.62. The van der Waals surface area contributed by atoms with Crippen molar-refractivity contribution in [2.45, 2.75) is 12.0 Å². The van der Waals surface area contributed by atoms with Crippen LogP contribution in [0.2, 0.25) is 0 Å². The van der Waals surface area contributed by atoms with Gasteiger partial charge in [0.1, 0.15) is 5.54 Å². The number of hydrogen-bond donors (Lipinski definition) is 2. The number of nitrogens with one attached hydrogen (secondary N) is 1. The first-order valence-electron chi connectivity index (χ1n) is 3.22. The molecule has 0 radical (unpaired) electrons. The Morgan fingerprint density at radius 1 is 2.00 bits per heavy atom. The van der Waals surface area contributed by atoms with E-state index >= 15 is 0 Å². The van der Waals surface area contributed by atoms with Gasteiger partial charge in [-0.25, -0.2) is 0 Å². The molecule has 56 valence electrons. The first kappa shape index (κ1) is 7.28. The Balaban J connectivity index is 2.67. The van der Waals surface area contributed by atoms with E-state index in [1.54, 1.807) is 13.1 Å². The maximum absolute atomic E-state index is 10.6. The molecular formula is C7H11NO2. The molecule has 1 fully saturated rings. The fourth-order valence-electron chi connectivity index (χ4n) is 1.21. The van der Waals surface area contributed by atoms with Crippen LogP contribution < -0.4 is 5.32 Å². The molecule has 0 aromatic carbocycles. The normalized spacial score (nSPS) is 37.1. The van der Waals surface area contributed by atoms with E-state index in [1.165, 1.54) is 0 Å². The maximum atomic E-state index is 10.6. The molecule has 1 rings (SSSR count). The van der Waals surface area contributed by atoms with Crippen LogP contribution in [0.4, 0.5) is 0 Å². The van der Waals surface area contributed by atoms with Gasteiger partial charge in [0.25, 0.3) is 0 Å². The highest BCUT2D eigenvalue weighted by Gasteiger charge is 2.57. The van der Waals surface area contributed by atoms with Crippen LogP contribution in [0.3, 0.4) is 0 Å². The smallest absolute Gasteiger partial charge is 0.324 e. The Bertz CT molecular complexity index is 178. The van der Waals surface area contributed by atoms with Crippen molar-refractivity contribution < 1.29 is 9.90 Å². The minimum Gasteiger partial charge on any atom is -0.480 e. The van der Waals surface area contributed by atoms with Crippen molar-refractivity contribution in [3.63, 3.8) is 0 Å². The van der Waals surface area contributed by atoms with E-state index in [2.05, 4.69) is 11.9 Å². The molecular weight excluding hydrogens is 130 g/mol. The molecule has 1 aliphatic carbocycles. The van der Waals surface area contributed by atoms with Crippen molar-refractivity contribution >= 4 is 5.97 Å².